The Kier molecular flexibility index (Phi) is 7.06. The molecule has 1 saturated heterocycles. The molecule has 0 unspecified atom stereocenters. The third-order valence-electron chi connectivity index (χ3n) is 5.61. The van der Waals surface area contributed by atoms with E-state index in [1.807, 2.05) is 18.2 Å². The van der Waals surface area contributed by atoms with E-state index in [1.165, 1.54) is 49.8 Å². The highest BCUT2D eigenvalue weighted by Gasteiger charge is 2.21. The van der Waals surface area contributed by atoms with Crippen LogP contribution in [0.15, 0.2) is 24.3 Å². The van der Waals surface area contributed by atoms with Crippen LogP contribution in [-0.4, -0.2) is 37.5 Å². The monoisotopic (exact) mass is 358 g/mol. The van der Waals surface area contributed by atoms with Crippen LogP contribution >= 0.6 is 0 Å². The van der Waals surface area contributed by atoms with E-state index in [0.29, 0.717) is 17.8 Å². The predicted octanol–water partition coefficient (Wildman–Crippen LogP) is 2.15. The van der Waals surface area contributed by atoms with Crippen LogP contribution in [0.5, 0.6) is 0 Å². The standard InChI is InChI=1S/C21H31N3O2/c25-20(16-24-14-8-2-1-3-9-15-24)23-19-13-7-6-12-18(19)21(26)22-17-10-4-5-11-17/h6-7,12-13,17H,1-5,8-11,14-16H2,(H,22,26)(H,23,25)/p+1. The molecule has 26 heavy (non-hydrogen) atoms. The third-order valence-corrected chi connectivity index (χ3v) is 5.61. The molecule has 3 N–H and O–H groups in total. The fraction of sp³-hybridized carbons (Fsp3) is 0.619. The molecule has 1 aromatic carbocycles. The molecule has 0 spiro atoms. The Labute approximate surface area is 156 Å². The minimum Gasteiger partial charge on any atom is -0.349 e. The molecule has 3 rings (SSSR count). The van der Waals surface area contributed by atoms with Gasteiger partial charge in [-0.15, -0.1) is 0 Å². The second-order valence-electron chi connectivity index (χ2n) is 7.74. The lowest BCUT2D eigenvalue weighted by molar-refractivity contribution is -0.892. The number of carbonyl (C=O) groups is 2. The molecule has 1 aliphatic carbocycles. The van der Waals surface area contributed by atoms with E-state index in [4.69, 9.17) is 0 Å². The van der Waals surface area contributed by atoms with Crippen LogP contribution in [-0.2, 0) is 4.79 Å². The van der Waals surface area contributed by atoms with Crippen molar-refractivity contribution in [1.82, 2.24) is 5.32 Å². The van der Waals surface area contributed by atoms with E-state index in [1.54, 1.807) is 6.07 Å². The lowest BCUT2D eigenvalue weighted by Crippen LogP contribution is -3.13. The van der Waals surface area contributed by atoms with Crippen LogP contribution < -0.4 is 15.5 Å². The number of quaternary nitrogens is 1. The first-order valence-electron chi connectivity index (χ1n) is 10.3. The van der Waals surface area contributed by atoms with Crippen molar-refractivity contribution in [3.8, 4) is 0 Å². The van der Waals surface area contributed by atoms with Gasteiger partial charge in [0.05, 0.1) is 24.3 Å². The minimum absolute atomic E-state index is 0.00156. The van der Waals surface area contributed by atoms with Crippen LogP contribution in [0.4, 0.5) is 5.69 Å². The first-order chi connectivity index (χ1) is 12.7. The molecule has 1 aromatic rings. The van der Waals surface area contributed by atoms with Crippen molar-refractivity contribution in [2.24, 2.45) is 0 Å². The maximum atomic E-state index is 12.6. The maximum absolute atomic E-state index is 12.6. The van der Waals surface area contributed by atoms with Crippen LogP contribution in [0.1, 0.15) is 68.1 Å². The zero-order valence-corrected chi connectivity index (χ0v) is 15.7. The summed E-state index contributed by atoms with van der Waals surface area (Å²) in [7, 11) is 0. The molecule has 1 heterocycles. The van der Waals surface area contributed by atoms with Crippen LogP contribution in [0.25, 0.3) is 0 Å². The number of anilines is 1. The van der Waals surface area contributed by atoms with Crippen molar-refractivity contribution in [3.05, 3.63) is 29.8 Å². The number of likely N-dealkylation sites (tertiary alicyclic amines) is 1. The number of para-hydroxylation sites is 1. The van der Waals surface area contributed by atoms with Gasteiger partial charge in [-0.25, -0.2) is 0 Å². The van der Waals surface area contributed by atoms with Crippen molar-refractivity contribution in [2.45, 2.75) is 63.8 Å². The maximum Gasteiger partial charge on any atom is 0.279 e. The molecule has 5 heteroatoms. The fourth-order valence-corrected chi connectivity index (χ4v) is 4.13. The normalized spacial score (nSPS) is 19.5. The highest BCUT2D eigenvalue weighted by atomic mass is 16.2. The number of amides is 2. The Balaban J connectivity index is 1.58. The predicted molar refractivity (Wildman–Crippen MR) is 103 cm³/mol. The molecule has 2 aliphatic rings. The van der Waals surface area contributed by atoms with Crippen LogP contribution in [0.2, 0.25) is 0 Å². The summed E-state index contributed by atoms with van der Waals surface area (Å²) in [4.78, 5) is 26.5. The summed E-state index contributed by atoms with van der Waals surface area (Å²) in [6.45, 7) is 2.62. The number of hydrogen-bond donors (Lipinski definition) is 3. The zero-order valence-electron chi connectivity index (χ0n) is 15.7. The smallest absolute Gasteiger partial charge is 0.279 e. The largest absolute Gasteiger partial charge is 0.349 e. The molecule has 0 aromatic heterocycles. The van der Waals surface area contributed by atoms with E-state index in [0.717, 1.165) is 25.9 Å². The average molecular weight is 359 g/mol. The summed E-state index contributed by atoms with van der Waals surface area (Å²) in [6.07, 6.45) is 10.7. The summed E-state index contributed by atoms with van der Waals surface area (Å²) in [5.74, 6) is -0.0758. The topological polar surface area (TPSA) is 62.6 Å². The molecule has 0 bridgehead atoms. The summed E-state index contributed by atoms with van der Waals surface area (Å²) >= 11 is 0. The second kappa shape index (κ2) is 9.72. The van der Waals surface area contributed by atoms with Gasteiger partial charge in [0, 0.05) is 6.04 Å². The molecule has 0 radical (unpaired) electrons. The second-order valence-corrected chi connectivity index (χ2v) is 7.74. The average Bonchev–Trinajstić information content (AvgIpc) is 3.10. The summed E-state index contributed by atoms with van der Waals surface area (Å²) in [6, 6.07) is 7.61. The molecular formula is C21H32N3O2+. The Bertz CT molecular complexity index is 603. The van der Waals surface area contributed by atoms with Gasteiger partial charge < -0.3 is 15.5 Å². The first kappa shape index (κ1) is 18.9. The number of nitrogens with one attached hydrogen (secondary N) is 3. The van der Waals surface area contributed by atoms with E-state index < -0.39 is 0 Å². The van der Waals surface area contributed by atoms with E-state index in [2.05, 4.69) is 10.6 Å². The SMILES string of the molecule is O=C(C[NH+]1CCCCCCC1)Nc1ccccc1C(=O)NC1CCCC1. The van der Waals surface area contributed by atoms with Crippen LogP contribution in [0, 0.1) is 0 Å². The molecule has 2 fully saturated rings. The van der Waals surface area contributed by atoms with Gasteiger partial charge in [-0.1, -0.05) is 31.4 Å². The van der Waals surface area contributed by atoms with Gasteiger partial charge in [0.1, 0.15) is 0 Å². The summed E-state index contributed by atoms with van der Waals surface area (Å²) in [5, 5.41) is 6.09. The zero-order chi connectivity index (χ0) is 18.2. The molecule has 5 nitrogen and oxygen atoms in total. The van der Waals surface area contributed by atoms with Gasteiger partial charge in [-0.05, 0) is 50.7 Å². The van der Waals surface area contributed by atoms with Gasteiger partial charge in [0.15, 0.2) is 6.54 Å². The molecule has 1 saturated carbocycles. The Morgan fingerprint density at radius 1 is 0.923 bits per heavy atom. The van der Waals surface area contributed by atoms with Crippen molar-refractivity contribution >= 4 is 17.5 Å². The minimum atomic E-state index is -0.0774. The quantitative estimate of drug-likeness (QED) is 0.755. The molecule has 1 aliphatic heterocycles. The van der Waals surface area contributed by atoms with Crippen molar-refractivity contribution < 1.29 is 14.5 Å². The highest BCUT2D eigenvalue weighted by Crippen LogP contribution is 2.20. The lowest BCUT2D eigenvalue weighted by atomic mass is 10.1. The van der Waals surface area contributed by atoms with Gasteiger partial charge in [-0.3, -0.25) is 9.59 Å². The fourth-order valence-electron chi connectivity index (χ4n) is 4.13. The van der Waals surface area contributed by atoms with Crippen molar-refractivity contribution in [3.63, 3.8) is 0 Å². The van der Waals surface area contributed by atoms with Crippen LogP contribution in [0.3, 0.4) is 0 Å². The Morgan fingerprint density at radius 2 is 1.58 bits per heavy atom. The number of rotatable bonds is 5. The third kappa shape index (κ3) is 5.56. The van der Waals surface area contributed by atoms with E-state index in [-0.39, 0.29) is 17.9 Å². The van der Waals surface area contributed by atoms with Crippen molar-refractivity contribution in [1.29, 1.82) is 0 Å². The summed E-state index contributed by atoms with van der Waals surface area (Å²) in [5.41, 5.74) is 1.19. The molecule has 0 atom stereocenters. The number of benzene rings is 1. The van der Waals surface area contributed by atoms with Gasteiger partial charge in [0.25, 0.3) is 11.8 Å². The van der Waals surface area contributed by atoms with E-state index in [9.17, 15) is 9.59 Å². The molecule has 142 valence electrons. The van der Waals surface area contributed by atoms with E-state index >= 15 is 0 Å². The van der Waals surface area contributed by atoms with Gasteiger partial charge in [-0.2, -0.15) is 0 Å². The van der Waals surface area contributed by atoms with Gasteiger partial charge in [0.2, 0.25) is 0 Å². The Hall–Kier alpha value is -1.88. The number of carbonyl (C=O) groups excluding carboxylic acids is 2. The number of hydrogen-bond acceptors (Lipinski definition) is 2. The van der Waals surface area contributed by atoms with Gasteiger partial charge >= 0.3 is 0 Å². The molecule has 2 amide bonds. The first-order valence-corrected chi connectivity index (χ1v) is 10.3. The lowest BCUT2D eigenvalue weighted by Gasteiger charge is -2.21. The highest BCUT2D eigenvalue weighted by molar-refractivity contribution is 6.04. The van der Waals surface area contributed by atoms with Crippen molar-refractivity contribution in [2.75, 3.05) is 25.0 Å². The molecular weight excluding hydrogens is 326 g/mol. The summed E-state index contributed by atoms with van der Waals surface area (Å²) < 4.78 is 0. The Morgan fingerprint density at radius 3 is 2.31 bits per heavy atom.